The fourth-order valence-corrected chi connectivity index (χ4v) is 3.53. The number of nitriles is 1. The summed E-state index contributed by atoms with van der Waals surface area (Å²) in [6.07, 6.45) is 1.64. The van der Waals surface area contributed by atoms with Gasteiger partial charge in [0, 0.05) is 11.6 Å². The van der Waals surface area contributed by atoms with Gasteiger partial charge < -0.3 is 19.9 Å². The van der Waals surface area contributed by atoms with E-state index in [2.05, 4.69) is 12.6 Å². The van der Waals surface area contributed by atoms with Crippen LogP contribution in [0.5, 0.6) is 17.2 Å². The largest absolute Gasteiger partial charge is 0.490 e. The van der Waals surface area contributed by atoms with Gasteiger partial charge in [0.2, 0.25) is 5.88 Å². The standard InChI is InChI=1S/C26H19FN2O4/c1-2-12-31-19-5-3-4-17(13-19)24-21-11-10-20(14-23(21)33-25(29)22(24)15-28)32-26(30)16-6-8-18(27)9-7-16/h2-11,13-14,24H,1,12,29H2. The molecule has 164 valence electrons. The first-order valence-corrected chi connectivity index (χ1v) is 10.0. The van der Waals surface area contributed by atoms with Crippen LogP contribution >= 0.6 is 0 Å². The molecule has 7 heteroatoms. The number of halogens is 1. The Hall–Kier alpha value is -4.57. The Balaban J connectivity index is 1.67. The van der Waals surface area contributed by atoms with Crippen molar-refractivity contribution in [1.82, 2.24) is 0 Å². The van der Waals surface area contributed by atoms with Gasteiger partial charge in [0.05, 0.1) is 11.5 Å². The Morgan fingerprint density at radius 1 is 1.15 bits per heavy atom. The second kappa shape index (κ2) is 9.28. The van der Waals surface area contributed by atoms with Crippen LogP contribution in [-0.2, 0) is 0 Å². The maximum atomic E-state index is 13.1. The van der Waals surface area contributed by atoms with Gasteiger partial charge in [-0.1, -0.05) is 30.9 Å². The minimum Gasteiger partial charge on any atom is -0.490 e. The van der Waals surface area contributed by atoms with E-state index in [1.807, 2.05) is 24.3 Å². The van der Waals surface area contributed by atoms with Gasteiger partial charge in [0.25, 0.3) is 0 Å². The van der Waals surface area contributed by atoms with E-state index in [0.717, 1.165) is 5.56 Å². The maximum Gasteiger partial charge on any atom is 0.343 e. The molecule has 1 atom stereocenters. The summed E-state index contributed by atoms with van der Waals surface area (Å²) in [5.74, 6) is -0.412. The molecule has 2 N–H and O–H groups in total. The van der Waals surface area contributed by atoms with E-state index in [1.54, 1.807) is 18.2 Å². The summed E-state index contributed by atoms with van der Waals surface area (Å²) in [6, 6.07) is 19.4. The normalized spacial score (nSPS) is 14.5. The van der Waals surface area contributed by atoms with Crippen LogP contribution in [0.4, 0.5) is 4.39 Å². The fraction of sp³-hybridized carbons (Fsp3) is 0.0769. The quantitative estimate of drug-likeness (QED) is 0.334. The summed E-state index contributed by atoms with van der Waals surface area (Å²) >= 11 is 0. The summed E-state index contributed by atoms with van der Waals surface area (Å²) in [5.41, 5.74) is 7.99. The lowest BCUT2D eigenvalue weighted by Crippen LogP contribution is -2.21. The third-order valence-corrected chi connectivity index (χ3v) is 5.04. The van der Waals surface area contributed by atoms with Gasteiger partial charge in [0.1, 0.15) is 41.3 Å². The number of carbonyl (C=O) groups excluding carboxylic acids is 1. The number of nitrogens with zero attached hydrogens (tertiary/aromatic N) is 1. The molecule has 4 rings (SSSR count). The average Bonchev–Trinajstić information content (AvgIpc) is 2.82. The molecule has 0 aliphatic carbocycles. The summed E-state index contributed by atoms with van der Waals surface area (Å²) in [7, 11) is 0. The fourth-order valence-electron chi connectivity index (χ4n) is 3.53. The molecule has 0 aromatic heterocycles. The van der Waals surface area contributed by atoms with E-state index in [9.17, 15) is 14.4 Å². The van der Waals surface area contributed by atoms with E-state index in [4.69, 9.17) is 19.9 Å². The van der Waals surface area contributed by atoms with Crippen molar-refractivity contribution in [3.05, 3.63) is 113 Å². The van der Waals surface area contributed by atoms with E-state index < -0.39 is 17.7 Å². The first kappa shape index (κ1) is 21.7. The van der Waals surface area contributed by atoms with Gasteiger partial charge in [0.15, 0.2) is 0 Å². The number of esters is 1. The molecule has 3 aromatic carbocycles. The molecule has 33 heavy (non-hydrogen) atoms. The Morgan fingerprint density at radius 3 is 2.67 bits per heavy atom. The number of nitrogens with two attached hydrogens (primary N) is 1. The highest BCUT2D eigenvalue weighted by Gasteiger charge is 2.31. The van der Waals surface area contributed by atoms with Gasteiger partial charge in [-0.3, -0.25) is 0 Å². The SMILES string of the molecule is C=CCOc1cccc(C2C(C#N)=C(N)Oc3cc(OC(=O)c4ccc(F)cc4)ccc32)c1. The monoisotopic (exact) mass is 442 g/mol. The predicted octanol–water partition coefficient (Wildman–Crippen LogP) is 4.83. The van der Waals surface area contributed by atoms with Gasteiger partial charge in [-0.25, -0.2) is 9.18 Å². The van der Waals surface area contributed by atoms with Crippen LogP contribution in [0.2, 0.25) is 0 Å². The molecule has 0 saturated heterocycles. The second-order valence-corrected chi connectivity index (χ2v) is 7.19. The Kier molecular flexibility index (Phi) is 6.09. The lowest BCUT2D eigenvalue weighted by Gasteiger charge is -2.27. The Labute approximate surface area is 189 Å². The predicted molar refractivity (Wildman–Crippen MR) is 119 cm³/mol. The molecule has 0 fully saturated rings. The second-order valence-electron chi connectivity index (χ2n) is 7.19. The van der Waals surface area contributed by atoms with E-state index in [0.29, 0.717) is 23.7 Å². The van der Waals surface area contributed by atoms with Gasteiger partial charge >= 0.3 is 5.97 Å². The van der Waals surface area contributed by atoms with Gasteiger partial charge in [-0.15, -0.1) is 0 Å². The number of fused-ring (bicyclic) bond motifs is 1. The molecular weight excluding hydrogens is 423 g/mol. The summed E-state index contributed by atoms with van der Waals surface area (Å²) in [4.78, 5) is 12.4. The molecule has 1 aliphatic heterocycles. The zero-order valence-electron chi connectivity index (χ0n) is 17.5. The van der Waals surface area contributed by atoms with E-state index in [1.165, 1.54) is 30.3 Å². The molecule has 0 radical (unpaired) electrons. The van der Waals surface area contributed by atoms with Crippen molar-refractivity contribution in [3.8, 4) is 23.3 Å². The third kappa shape index (κ3) is 4.55. The number of hydrogen-bond acceptors (Lipinski definition) is 6. The van der Waals surface area contributed by atoms with Crippen LogP contribution in [0.1, 0.15) is 27.4 Å². The van der Waals surface area contributed by atoms with Crippen molar-refractivity contribution in [2.24, 2.45) is 5.73 Å². The van der Waals surface area contributed by atoms with E-state index >= 15 is 0 Å². The minimum absolute atomic E-state index is 0.0329. The first-order chi connectivity index (χ1) is 16.0. The highest BCUT2D eigenvalue weighted by molar-refractivity contribution is 5.91. The topological polar surface area (TPSA) is 94.6 Å². The molecule has 0 saturated carbocycles. The van der Waals surface area contributed by atoms with Crippen LogP contribution in [0, 0.1) is 17.1 Å². The van der Waals surface area contributed by atoms with Crippen LogP contribution in [0.25, 0.3) is 0 Å². The van der Waals surface area contributed by atoms with E-state index in [-0.39, 0.29) is 22.8 Å². The highest BCUT2D eigenvalue weighted by Crippen LogP contribution is 2.44. The Bertz CT molecular complexity index is 1290. The molecule has 1 unspecified atom stereocenters. The molecule has 1 heterocycles. The maximum absolute atomic E-state index is 13.1. The van der Waals surface area contributed by atoms with Crippen molar-refractivity contribution < 1.29 is 23.4 Å². The van der Waals surface area contributed by atoms with Gasteiger partial charge in [-0.2, -0.15) is 5.26 Å². The Morgan fingerprint density at radius 2 is 1.94 bits per heavy atom. The molecule has 0 bridgehead atoms. The van der Waals surface area contributed by atoms with Crippen LogP contribution in [-0.4, -0.2) is 12.6 Å². The van der Waals surface area contributed by atoms with Crippen LogP contribution in [0.3, 0.4) is 0 Å². The number of carbonyl (C=O) groups is 1. The zero-order chi connectivity index (χ0) is 23.4. The summed E-state index contributed by atoms with van der Waals surface area (Å²) < 4.78 is 29.8. The number of rotatable bonds is 6. The lowest BCUT2D eigenvalue weighted by molar-refractivity contribution is 0.0734. The van der Waals surface area contributed by atoms with Gasteiger partial charge in [-0.05, 0) is 48.0 Å². The molecule has 1 aliphatic rings. The molecule has 3 aromatic rings. The van der Waals surface area contributed by atoms with Crippen LogP contribution < -0.4 is 19.9 Å². The zero-order valence-corrected chi connectivity index (χ0v) is 17.5. The van der Waals surface area contributed by atoms with Crippen molar-refractivity contribution in [2.45, 2.75) is 5.92 Å². The highest BCUT2D eigenvalue weighted by atomic mass is 19.1. The molecule has 6 nitrogen and oxygen atoms in total. The number of allylic oxidation sites excluding steroid dienone is 1. The smallest absolute Gasteiger partial charge is 0.343 e. The van der Waals surface area contributed by atoms with Crippen molar-refractivity contribution in [2.75, 3.05) is 6.61 Å². The number of ether oxygens (including phenoxy) is 3. The molecule has 0 spiro atoms. The first-order valence-electron chi connectivity index (χ1n) is 10.0. The van der Waals surface area contributed by atoms with Crippen molar-refractivity contribution in [3.63, 3.8) is 0 Å². The van der Waals surface area contributed by atoms with Crippen LogP contribution in [0.15, 0.2) is 90.8 Å². The number of benzene rings is 3. The lowest BCUT2D eigenvalue weighted by atomic mass is 9.83. The molecular formula is C26H19FN2O4. The molecule has 0 amide bonds. The average molecular weight is 442 g/mol. The minimum atomic E-state index is -0.643. The number of hydrogen-bond donors (Lipinski definition) is 1. The van der Waals surface area contributed by atoms with Crippen molar-refractivity contribution in [1.29, 1.82) is 5.26 Å². The summed E-state index contributed by atoms with van der Waals surface area (Å²) in [6.45, 7) is 3.99. The van der Waals surface area contributed by atoms with Crippen molar-refractivity contribution >= 4 is 5.97 Å². The summed E-state index contributed by atoms with van der Waals surface area (Å²) in [5, 5.41) is 9.74. The third-order valence-electron chi connectivity index (χ3n) is 5.04.